The van der Waals surface area contributed by atoms with Crippen molar-refractivity contribution in [3.8, 4) is 11.5 Å². The Bertz CT molecular complexity index is 758. The molecule has 1 heterocycles. The van der Waals surface area contributed by atoms with Gasteiger partial charge < -0.3 is 24.9 Å². The van der Waals surface area contributed by atoms with E-state index in [-0.39, 0.29) is 16.8 Å². The number of hydrogen-bond donors (Lipinski definition) is 2. The molecule has 0 aliphatic carbocycles. The number of ether oxygens (including phenoxy) is 1. The molecule has 29 heavy (non-hydrogen) atoms. The molecule has 0 atom stereocenters. The van der Waals surface area contributed by atoms with Crippen LogP contribution in [0.2, 0.25) is 0 Å². The highest BCUT2D eigenvalue weighted by atomic mass is 32.1. The topological polar surface area (TPSA) is 83.4 Å². The van der Waals surface area contributed by atoms with Gasteiger partial charge >= 0.3 is 0 Å². The zero-order chi connectivity index (χ0) is 21.1. The number of likely N-dealkylation sites (tertiary alicyclic amines) is 1. The van der Waals surface area contributed by atoms with Crippen molar-refractivity contribution in [3.05, 3.63) is 29.8 Å². The zero-order valence-electron chi connectivity index (χ0n) is 17.0. The number of oxime groups is 1. The van der Waals surface area contributed by atoms with Gasteiger partial charge in [0.05, 0.1) is 12.3 Å². The predicted octanol–water partition coefficient (Wildman–Crippen LogP) is 3.47. The Morgan fingerprint density at radius 2 is 2.10 bits per heavy atom. The molecule has 0 aromatic heterocycles. The molecule has 0 unspecified atom stereocenters. The van der Waals surface area contributed by atoms with Crippen LogP contribution in [0.15, 0.2) is 29.4 Å². The normalized spacial score (nSPS) is 14.7. The van der Waals surface area contributed by atoms with Gasteiger partial charge in [-0.25, -0.2) is 0 Å². The summed E-state index contributed by atoms with van der Waals surface area (Å²) in [6.45, 7) is 6.22. The van der Waals surface area contributed by atoms with Crippen LogP contribution in [-0.2, 0) is 9.63 Å². The van der Waals surface area contributed by atoms with Crippen LogP contribution < -0.4 is 10.1 Å². The number of benzene rings is 1. The first-order valence-corrected chi connectivity index (χ1v) is 10.3. The summed E-state index contributed by atoms with van der Waals surface area (Å²) < 4.78 is 5.59. The molecule has 8 heteroatoms. The van der Waals surface area contributed by atoms with E-state index in [0.29, 0.717) is 24.5 Å². The number of nitrogens with one attached hydrogen (secondary N) is 1. The van der Waals surface area contributed by atoms with Gasteiger partial charge in [-0.05, 0) is 63.0 Å². The fourth-order valence-corrected chi connectivity index (χ4v) is 2.81. The largest absolute Gasteiger partial charge is 0.507 e. The summed E-state index contributed by atoms with van der Waals surface area (Å²) in [7, 11) is 0. The monoisotopic (exact) mass is 419 g/mol. The lowest BCUT2D eigenvalue weighted by atomic mass is 10.1. The van der Waals surface area contributed by atoms with Crippen LogP contribution in [0, 0.1) is 0 Å². The molecule has 1 saturated heterocycles. The Morgan fingerprint density at radius 1 is 1.34 bits per heavy atom. The summed E-state index contributed by atoms with van der Waals surface area (Å²) in [6.07, 6.45) is 7.21. The van der Waals surface area contributed by atoms with Crippen molar-refractivity contribution in [2.45, 2.75) is 39.5 Å². The minimum atomic E-state index is -0.0212. The molecule has 158 valence electrons. The predicted molar refractivity (Wildman–Crippen MR) is 118 cm³/mol. The number of carbonyl (C=O) groups is 1. The van der Waals surface area contributed by atoms with E-state index in [4.69, 9.17) is 21.8 Å². The molecule has 1 amide bonds. The number of hydrogen-bond acceptors (Lipinski definition) is 6. The Morgan fingerprint density at radius 3 is 2.79 bits per heavy atom. The third-order valence-electron chi connectivity index (χ3n) is 4.51. The third-order valence-corrected chi connectivity index (χ3v) is 4.73. The number of rotatable bonds is 8. The van der Waals surface area contributed by atoms with E-state index in [9.17, 15) is 9.90 Å². The zero-order valence-corrected chi connectivity index (χ0v) is 17.8. The van der Waals surface area contributed by atoms with Crippen LogP contribution in [0.4, 0.5) is 0 Å². The summed E-state index contributed by atoms with van der Waals surface area (Å²) in [5.41, 5.74) is 1.42. The van der Waals surface area contributed by atoms with Crippen molar-refractivity contribution in [2.24, 2.45) is 5.16 Å². The Kier molecular flexibility index (Phi) is 9.43. The highest BCUT2D eigenvalue weighted by Crippen LogP contribution is 2.24. The lowest BCUT2D eigenvalue weighted by molar-refractivity contribution is -0.126. The number of aromatic hydroxyl groups is 1. The lowest BCUT2D eigenvalue weighted by Crippen LogP contribution is -2.34. The lowest BCUT2D eigenvalue weighted by Gasteiger charge is -2.25. The van der Waals surface area contributed by atoms with E-state index in [1.54, 1.807) is 18.2 Å². The molecule has 2 N–H and O–H groups in total. The molecule has 0 bridgehead atoms. The molecule has 0 spiro atoms. The van der Waals surface area contributed by atoms with E-state index in [0.717, 1.165) is 38.1 Å². The Balaban J connectivity index is 1.76. The molecule has 7 nitrogen and oxygen atoms in total. The van der Waals surface area contributed by atoms with Crippen LogP contribution in [0.1, 0.15) is 45.1 Å². The van der Waals surface area contributed by atoms with E-state index in [1.165, 1.54) is 18.6 Å². The first kappa shape index (κ1) is 22.7. The summed E-state index contributed by atoms with van der Waals surface area (Å²) in [5, 5.41) is 17.1. The van der Waals surface area contributed by atoms with Crippen LogP contribution in [0.5, 0.6) is 11.5 Å². The molecule has 1 aliphatic rings. The summed E-state index contributed by atoms with van der Waals surface area (Å²) >= 11 is 5.01. The van der Waals surface area contributed by atoms with Crippen LogP contribution in [0.25, 0.3) is 6.08 Å². The van der Waals surface area contributed by atoms with Crippen molar-refractivity contribution in [1.82, 2.24) is 10.2 Å². The van der Waals surface area contributed by atoms with Crippen LogP contribution in [-0.4, -0.2) is 53.0 Å². The van der Waals surface area contributed by atoms with E-state index in [2.05, 4.69) is 10.5 Å². The van der Waals surface area contributed by atoms with Crippen LogP contribution in [0.3, 0.4) is 0 Å². The molecule has 1 aromatic rings. The molecular formula is C21H29N3O4S. The van der Waals surface area contributed by atoms with Crippen molar-refractivity contribution in [3.63, 3.8) is 0 Å². The van der Waals surface area contributed by atoms with Gasteiger partial charge in [0.2, 0.25) is 5.91 Å². The summed E-state index contributed by atoms with van der Waals surface area (Å²) in [4.78, 5) is 19.1. The summed E-state index contributed by atoms with van der Waals surface area (Å²) in [5.74, 6) is 0.559. The third kappa shape index (κ3) is 8.11. The fraction of sp³-hybridized carbons (Fsp3) is 0.476. The molecule has 1 aliphatic heterocycles. The minimum absolute atomic E-state index is 0.0212. The number of carbonyl (C=O) groups excluding carboxylic acids is 1. The minimum Gasteiger partial charge on any atom is -0.507 e. The maximum atomic E-state index is 12.2. The van der Waals surface area contributed by atoms with Crippen molar-refractivity contribution in [2.75, 3.05) is 26.2 Å². The average Bonchev–Trinajstić information content (AvgIpc) is 2.74. The molecule has 1 fully saturated rings. The van der Waals surface area contributed by atoms with Gasteiger partial charge in [0, 0.05) is 30.8 Å². The number of phenols is 1. The first-order chi connectivity index (χ1) is 14.0. The highest BCUT2D eigenvalue weighted by molar-refractivity contribution is 7.80. The smallest absolute Gasteiger partial charge is 0.289 e. The molecule has 0 radical (unpaired) electrons. The number of phenolic OH excluding ortho intramolecular Hbond substituents is 1. The maximum absolute atomic E-state index is 12.2. The van der Waals surface area contributed by atoms with Gasteiger partial charge in [-0.15, -0.1) is 0 Å². The van der Waals surface area contributed by atoms with Gasteiger partial charge in [0.15, 0.2) is 0 Å². The van der Waals surface area contributed by atoms with Gasteiger partial charge in [-0.2, -0.15) is 0 Å². The fourth-order valence-electron chi connectivity index (χ4n) is 2.67. The van der Waals surface area contributed by atoms with Crippen LogP contribution >= 0.6 is 12.2 Å². The second-order valence-corrected chi connectivity index (χ2v) is 7.14. The van der Waals surface area contributed by atoms with Crippen molar-refractivity contribution < 1.29 is 19.5 Å². The Labute approximate surface area is 177 Å². The van der Waals surface area contributed by atoms with E-state index >= 15 is 0 Å². The second kappa shape index (κ2) is 12.1. The average molecular weight is 420 g/mol. The standard InChI is InChI=1S/C21H29N3O4S/c1-3-16(2)23-28-21(29)22-11-14-27-18-9-7-17(19(25)15-18)8-10-20(26)24-12-5-4-6-13-24/h7-10,15,25H,3-6,11-14H2,1-2H3,(H,22,29)/b10-8+,23-16-. The Hall–Kier alpha value is -2.61. The molecule has 0 saturated carbocycles. The molecular weight excluding hydrogens is 390 g/mol. The molecule has 2 rings (SSSR count). The quantitative estimate of drug-likeness (QED) is 0.221. The number of thiocarbonyl (C=S) groups is 1. The highest BCUT2D eigenvalue weighted by Gasteiger charge is 2.13. The van der Waals surface area contributed by atoms with Gasteiger partial charge in [-0.1, -0.05) is 12.1 Å². The van der Waals surface area contributed by atoms with E-state index in [1.807, 2.05) is 18.7 Å². The first-order valence-electron chi connectivity index (χ1n) is 9.90. The number of amides is 1. The number of piperidine rings is 1. The SMILES string of the molecule is CC/C(C)=N\OC(=S)NCCOc1ccc(/C=C/C(=O)N2CCCCC2)c(O)c1. The van der Waals surface area contributed by atoms with Gasteiger partial charge in [0.25, 0.3) is 5.17 Å². The van der Waals surface area contributed by atoms with Crippen molar-refractivity contribution in [1.29, 1.82) is 0 Å². The maximum Gasteiger partial charge on any atom is 0.289 e. The second-order valence-electron chi connectivity index (χ2n) is 6.77. The van der Waals surface area contributed by atoms with Gasteiger partial charge in [0.1, 0.15) is 18.1 Å². The van der Waals surface area contributed by atoms with Gasteiger partial charge in [-0.3, -0.25) is 4.79 Å². The number of nitrogens with zero attached hydrogens (tertiary/aromatic N) is 2. The van der Waals surface area contributed by atoms with E-state index < -0.39 is 0 Å². The summed E-state index contributed by atoms with van der Waals surface area (Å²) in [6, 6.07) is 4.98. The molecule has 1 aromatic carbocycles. The van der Waals surface area contributed by atoms with Crippen molar-refractivity contribution >= 4 is 35.1 Å².